The summed E-state index contributed by atoms with van der Waals surface area (Å²) in [5.74, 6) is -0.143. The van der Waals surface area contributed by atoms with Crippen molar-refractivity contribution in [3.63, 3.8) is 0 Å². The number of carbonyl (C=O) groups excluding carboxylic acids is 1. The van der Waals surface area contributed by atoms with E-state index in [1.165, 1.54) is 0 Å². The zero-order valence-corrected chi connectivity index (χ0v) is 12.4. The van der Waals surface area contributed by atoms with Crippen LogP contribution in [0.1, 0.15) is 40.8 Å². The number of fused-ring (bicyclic) bond motifs is 1. The van der Waals surface area contributed by atoms with E-state index in [0.717, 1.165) is 17.8 Å². The predicted molar refractivity (Wildman–Crippen MR) is 77.8 cm³/mol. The van der Waals surface area contributed by atoms with Gasteiger partial charge in [0.1, 0.15) is 5.56 Å². The minimum atomic E-state index is -0.143. The summed E-state index contributed by atoms with van der Waals surface area (Å²) in [6.07, 6.45) is 0.746. The molecule has 0 fully saturated rings. The molecule has 6 heteroatoms. The first kappa shape index (κ1) is 14.5. The molecular formula is C14H21N5O. The normalized spacial score (nSPS) is 12.7. The summed E-state index contributed by atoms with van der Waals surface area (Å²) in [5.41, 5.74) is 9.35. The second-order valence-electron chi connectivity index (χ2n) is 5.26. The number of hydrogen-bond acceptors (Lipinski definition) is 4. The van der Waals surface area contributed by atoms with Gasteiger partial charge >= 0.3 is 0 Å². The molecule has 0 spiro atoms. The molecule has 0 radical (unpaired) electrons. The summed E-state index contributed by atoms with van der Waals surface area (Å²) in [5, 5.41) is 7.26. The zero-order chi connectivity index (χ0) is 14.9. The van der Waals surface area contributed by atoms with E-state index in [1.54, 1.807) is 4.52 Å². The Hall–Kier alpha value is -1.95. The van der Waals surface area contributed by atoms with Crippen molar-refractivity contribution in [3.8, 4) is 0 Å². The van der Waals surface area contributed by atoms with Crippen molar-refractivity contribution in [1.29, 1.82) is 0 Å². The highest BCUT2D eigenvalue weighted by molar-refractivity contribution is 6.01. The van der Waals surface area contributed by atoms with Crippen molar-refractivity contribution in [2.45, 2.75) is 40.2 Å². The van der Waals surface area contributed by atoms with Crippen LogP contribution in [0.3, 0.4) is 0 Å². The Kier molecular flexibility index (Phi) is 4.04. The van der Waals surface area contributed by atoms with Gasteiger partial charge in [-0.05, 0) is 40.2 Å². The van der Waals surface area contributed by atoms with Crippen molar-refractivity contribution in [1.82, 2.24) is 19.9 Å². The summed E-state index contributed by atoms with van der Waals surface area (Å²) in [7, 11) is 0. The van der Waals surface area contributed by atoms with E-state index < -0.39 is 0 Å². The van der Waals surface area contributed by atoms with Gasteiger partial charge < -0.3 is 11.1 Å². The molecule has 0 saturated carbocycles. The van der Waals surface area contributed by atoms with Crippen molar-refractivity contribution in [3.05, 3.63) is 28.7 Å². The molecule has 108 valence electrons. The van der Waals surface area contributed by atoms with Gasteiger partial charge in [0, 0.05) is 24.0 Å². The van der Waals surface area contributed by atoms with Crippen LogP contribution in [-0.2, 0) is 0 Å². The topological polar surface area (TPSA) is 85.3 Å². The maximum Gasteiger partial charge on any atom is 0.257 e. The lowest BCUT2D eigenvalue weighted by atomic mass is 10.2. The third-order valence-corrected chi connectivity index (χ3v) is 3.18. The Balaban J connectivity index is 2.34. The Labute approximate surface area is 118 Å². The molecule has 0 aliphatic rings. The molecule has 1 amide bonds. The Morgan fingerprint density at radius 1 is 1.45 bits per heavy atom. The van der Waals surface area contributed by atoms with Crippen LogP contribution in [-0.4, -0.2) is 33.1 Å². The van der Waals surface area contributed by atoms with Gasteiger partial charge in [-0.15, -0.1) is 0 Å². The standard InChI is InChI=1S/C14H21N5O/c1-8(15)5-6-16-14(20)12-11(4)18-19-10(3)7-9(2)17-13(12)19/h7-8H,5-6,15H2,1-4H3,(H,16,20). The molecule has 2 aromatic rings. The Morgan fingerprint density at radius 3 is 2.80 bits per heavy atom. The fraction of sp³-hybridized carbons (Fsp3) is 0.500. The summed E-state index contributed by atoms with van der Waals surface area (Å²) in [6, 6.07) is 2.01. The molecular weight excluding hydrogens is 254 g/mol. The summed E-state index contributed by atoms with van der Waals surface area (Å²) >= 11 is 0. The minimum absolute atomic E-state index is 0.0721. The lowest BCUT2D eigenvalue weighted by Gasteiger charge is -2.07. The molecule has 2 aromatic heterocycles. The van der Waals surface area contributed by atoms with Crippen molar-refractivity contribution >= 4 is 11.6 Å². The number of amides is 1. The van der Waals surface area contributed by atoms with Gasteiger partial charge in [0.05, 0.1) is 5.69 Å². The number of aromatic nitrogens is 3. The van der Waals surface area contributed by atoms with E-state index in [-0.39, 0.29) is 11.9 Å². The summed E-state index contributed by atoms with van der Waals surface area (Å²) < 4.78 is 1.71. The second-order valence-corrected chi connectivity index (χ2v) is 5.26. The SMILES string of the molecule is Cc1cc(C)n2nc(C)c(C(=O)NCCC(C)N)c2n1. The first-order chi connectivity index (χ1) is 9.40. The number of nitrogens with two attached hydrogens (primary N) is 1. The van der Waals surface area contributed by atoms with Gasteiger partial charge in [0.15, 0.2) is 5.65 Å². The number of aryl methyl sites for hydroxylation is 3. The average molecular weight is 275 g/mol. The lowest BCUT2D eigenvalue weighted by Crippen LogP contribution is -2.29. The van der Waals surface area contributed by atoms with E-state index in [9.17, 15) is 4.79 Å². The lowest BCUT2D eigenvalue weighted by molar-refractivity contribution is 0.0953. The van der Waals surface area contributed by atoms with Gasteiger partial charge in [-0.3, -0.25) is 4.79 Å². The fourth-order valence-corrected chi connectivity index (χ4v) is 2.19. The number of nitrogens with zero attached hydrogens (tertiary/aromatic N) is 3. The molecule has 2 heterocycles. The average Bonchev–Trinajstić information content (AvgIpc) is 2.65. The Morgan fingerprint density at radius 2 is 2.15 bits per heavy atom. The zero-order valence-electron chi connectivity index (χ0n) is 12.4. The highest BCUT2D eigenvalue weighted by Gasteiger charge is 2.19. The molecule has 6 nitrogen and oxygen atoms in total. The monoisotopic (exact) mass is 275 g/mol. The third kappa shape index (κ3) is 2.80. The largest absolute Gasteiger partial charge is 0.352 e. The molecule has 0 aliphatic heterocycles. The maximum absolute atomic E-state index is 12.3. The van der Waals surface area contributed by atoms with Crippen LogP contribution in [0.5, 0.6) is 0 Å². The van der Waals surface area contributed by atoms with Gasteiger partial charge in [0.2, 0.25) is 0 Å². The molecule has 20 heavy (non-hydrogen) atoms. The van der Waals surface area contributed by atoms with Crippen molar-refractivity contribution in [2.75, 3.05) is 6.54 Å². The van der Waals surface area contributed by atoms with Gasteiger partial charge in [-0.2, -0.15) is 5.10 Å². The minimum Gasteiger partial charge on any atom is -0.352 e. The van der Waals surface area contributed by atoms with E-state index in [4.69, 9.17) is 5.73 Å². The summed E-state index contributed by atoms with van der Waals surface area (Å²) in [6.45, 7) is 8.15. The maximum atomic E-state index is 12.3. The van der Waals surface area contributed by atoms with Crippen LogP contribution in [0.25, 0.3) is 5.65 Å². The van der Waals surface area contributed by atoms with Crippen molar-refractivity contribution in [2.24, 2.45) is 5.73 Å². The van der Waals surface area contributed by atoms with Crippen LogP contribution in [0.15, 0.2) is 6.07 Å². The van der Waals surface area contributed by atoms with E-state index >= 15 is 0 Å². The van der Waals surface area contributed by atoms with E-state index in [1.807, 2.05) is 33.8 Å². The highest BCUT2D eigenvalue weighted by Crippen LogP contribution is 2.16. The smallest absolute Gasteiger partial charge is 0.257 e. The third-order valence-electron chi connectivity index (χ3n) is 3.18. The highest BCUT2D eigenvalue weighted by atomic mass is 16.1. The molecule has 0 bridgehead atoms. The van der Waals surface area contributed by atoms with E-state index in [0.29, 0.717) is 23.4 Å². The van der Waals surface area contributed by atoms with E-state index in [2.05, 4.69) is 15.4 Å². The second kappa shape index (κ2) is 5.58. The van der Waals surface area contributed by atoms with Gasteiger partial charge in [-0.1, -0.05) is 0 Å². The number of nitrogens with one attached hydrogen (secondary N) is 1. The molecule has 2 rings (SSSR count). The van der Waals surface area contributed by atoms with Crippen LogP contribution in [0, 0.1) is 20.8 Å². The van der Waals surface area contributed by atoms with Crippen LogP contribution in [0.2, 0.25) is 0 Å². The quantitative estimate of drug-likeness (QED) is 0.875. The number of carbonyl (C=O) groups is 1. The van der Waals surface area contributed by atoms with Crippen LogP contribution < -0.4 is 11.1 Å². The Bertz CT molecular complexity index is 645. The fourth-order valence-electron chi connectivity index (χ4n) is 2.19. The first-order valence-electron chi connectivity index (χ1n) is 6.77. The van der Waals surface area contributed by atoms with Gasteiger partial charge in [-0.25, -0.2) is 9.50 Å². The molecule has 1 unspecified atom stereocenters. The molecule has 0 aliphatic carbocycles. The van der Waals surface area contributed by atoms with Crippen LogP contribution in [0.4, 0.5) is 0 Å². The summed E-state index contributed by atoms with van der Waals surface area (Å²) in [4.78, 5) is 16.7. The molecule has 0 saturated heterocycles. The number of rotatable bonds is 4. The first-order valence-corrected chi connectivity index (χ1v) is 6.77. The van der Waals surface area contributed by atoms with Crippen molar-refractivity contribution < 1.29 is 4.79 Å². The van der Waals surface area contributed by atoms with Crippen LogP contribution >= 0.6 is 0 Å². The molecule has 3 N–H and O–H groups in total. The van der Waals surface area contributed by atoms with Gasteiger partial charge in [0.25, 0.3) is 5.91 Å². The molecule has 0 aromatic carbocycles. The number of hydrogen-bond donors (Lipinski definition) is 2. The molecule has 1 atom stereocenters. The predicted octanol–water partition coefficient (Wildman–Crippen LogP) is 1.12.